The van der Waals surface area contributed by atoms with Crippen molar-refractivity contribution in [3.63, 3.8) is 0 Å². The summed E-state index contributed by atoms with van der Waals surface area (Å²) in [7, 11) is 1.98. The Morgan fingerprint density at radius 1 is 1.09 bits per heavy atom. The number of nitrogens with zero attached hydrogens (tertiary/aromatic N) is 5. The molecule has 0 aliphatic carbocycles. The Labute approximate surface area is 132 Å². The number of fused-ring (bicyclic) bond motifs is 2. The fourth-order valence-corrected chi connectivity index (χ4v) is 2.89. The second-order valence-electron chi connectivity index (χ2n) is 5.73. The molecule has 4 aromatic rings. The Bertz CT molecular complexity index is 1070. The van der Waals surface area contributed by atoms with Crippen LogP contribution in [0.15, 0.2) is 41.7 Å². The third-order valence-electron chi connectivity index (χ3n) is 4.21. The Balaban J connectivity index is 1.99. The van der Waals surface area contributed by atoms with Crippen molar-refractivity contribution in [2.24, 2.45) is 12.2 Å². The monoisotopic (exact) mass is 305 g/mol. The van der Waals surface area contributed by atoms with Gasteiger partial charge < -0.3 is 4.57 Å². The quantitative estimate of drug-likeness (QED) is 0.527. The summed E-state index contributed by atoms with van der Waals surface area (Å²) in [6.07, 6.45) is 1.87. The topological polar surface area (TPSA) is 64.5 Å². The molecule has 3 heterocycles. The fraction of sp³-hybridized carbons (Fsp3) is 0.176. The number of imidazole rings is 2. The molecule has 6 heteroatoms. The molecule has 0 aliphatic heterocycles. The van der Waals surface area contributed by atoms with Gasteiger partial charge in [-0.05, 0) is 42.8 Å². The first-order chi connectivity index (χ1) is 11.1. The van der Waals surface area contributed by atoms with Crippen LogP contribution in [0.25, 0.3) is 27.9 Å². The maximum Gasteiger partial charge on any atom is 0.209 e. The zero-order valence-electron chi connectivity index (χ0n) is 13.1. The van der Waals surface area contributed by atoms with Gasteiger partial charge in [0.05, 0.1) is 11.0 Å². The molecule has 3 aromatic heterocycles. The van der Waals surface area contributed by atoms with Gasteiger partial charge >= 0.3 is 0 Å². The van der Waals surface area contributed by atoms with E-state index >= 15 is 0 Å². The first kappa shape index (κ1) is 13.6. The van der Waals surface area contributed by atoms with Gasteiger partial charge in [-0.2, -0.15) is 0 Å². The van der Waals surface area contributed by atoms with Crippen LogP contribution in [0.2, 0.25) is 0 Å². The minimum Gasteiger partial charge on any atom is -0.331 e. The molecule has 1 aromatic carbocycles. The van der Waals surface area contributed by atoms with Crippen molar-refractivity contribution in [3.8, 4) is 11.3 Å². The summed E-state index contributed by atoms with van der Waals surface area (Å²) in [4.78, 5) is 20.5. The predicted molar refractivity (Wildman–Crippen MR) is 89.8 cm³/mol. The van der Waals surface area contributed by atoms with Crippen molar-refractivity contribution in [1.82, 2.24) is 18.9 Å². The molecule has 0 fully saturated rings. The van der Waals surface area contributed by atoms with E-state index in [1.54, 1.807) is 4.40 Å². The number of benzene rings is 1. The lowest BCUT2D eigenvalue weighted by Crippen LogP contribution is -1.89. The number of aryl methyl sites for hydroxylation is 3. The zero-order valence-corrected chi connectivity index (χ0v) is 13.1. The fourth-order valence-electron chi connectivity index (χ4n) is 2.89. The molecule has 0 saturated carbocycles. The SMILES string of the molecule is Cc1ccc2nc(-c3ccc4c(c3)nc(C)n4C)c(N=O)n2c1. The van der Waals surface area contributed by atoms with E-state index < -0.39 is 0 Å². The van der Waals surface area contributed by atoms with Crippen molar-refractivity contribution in [3.05, 3.63) is 52.8 Å². The number of rotatable bonds is 2. The highest BCUT2D eigenvalue weighted by Gasteiger charge is 2.16. The average molecular weight is 305 g/mol. The molecule has 0 aliphatic rings. The van der Waals surface area contributed by atoms with E-state index in [0.717, 1.165) is 28.0 Å². The Morgan fingerprint density at radius 2 is 1.91 bits per heavy atom. The minimum absolute atomic E-state index is 0.315. The van der Waals surface area contributed by atoms with Crippen LogP contribution >= 0.6 is 0 Å². The molecule has 0 radical (unpaired) electrons. The Morgan fingerprint density at radius 3 is 2.70 bits per heavy atom. The summed E-state index contributed by atoms with van der Waals surface area (Å²) < 4.78 is 3.76. The molecule has 0 amide bonds. The van der Waals surface area contributed by atoms with Gasteiger partial charge in [0.2, 0.25) is 5.82 Å². The van der Waals surface area contributed by atoms with E-state index in [2.05, 4.69) is 15.1 Å². The summed E-state index contributed by atoms with van der Waals surface area (Å²) in [5.74, 6) is 1.26. The molecule has 114 valence electrons. The minimum atomic E-state index is 0.315. The molecule has 0 bridgehead atoms. The molecule has 0 unspecified atom stereocenters. The van der Waals surface area contributed by atoms with Crippen LogP contribution in [0.5, 0.6) is 0 Å². The van der Waals surface area contributed by atoms with Gasteiger partial charge in [-0.3, -0.25) is 4.40 Å². The maximum atomic E-state index is 11.4. The first-order valence-electron chi connectivity index (χ1n) is 7.34. The zero-order chi connectivity index (χ0) is 16.1. The summed E-state index contributed by atoms with van der Waals surface area (Å²) in [5.41, 5.74) is 5.10. The Kier molecular flexibility index (Phi) is 2.81. The van der Waals surface area contributed by atoms with Crippen molar-refractivity contribution >= 4 is 22.5 Å². The van der Waals surface area contributed by atoms with Crippen LogP contribution in [0.3, 0.4) is 0 Å². The lowest BCUT2D eigenvalue weighted by atomic mass is 10.1. The summed E-state index contributed by atoms with van der Waals surface area (Å²) >= 11 is 0. The third kappa shape index (κ3) is 1.95. The number of hydrogen-bond donors (Lipinski definition) is 0. The van der Waals surface area contributed by atoms with Gasteiger partial charge in [-0.25, -0.2) is 9.97 Å². The van der Waals surface area contributed by atoms with E-state index in [0.29, 0.717) is 17.2 Å². The van der Waals surface area contributed by atoms with Gasteiger partial charge in [0.15, 0.2) is 0 Å². The molecular weight excluding hydrogens is 290 g/mol. The Hall–Kier alpha value is -3.02. The molecule has 0 atom stereocenters. The molecule has 23 heavy (non-hydrogen) atoms. The standard InChI is InChI=1S/C17H15N5O/c1-10-4-7-15-19-16(17(20-23)22(15)9-10)12-5-6-14-13(8-12)18-11(2)21(14)3/h4-9H,1-3H3. The highest BCUT2D eigenvalue weighted by Crippen LogP contribution is 2.32. The van der Waals surface area contributed by atoms with Gasteiger partial charge in [0.25, 0.3) is 0 Å². The summed E-state index contributed by atoms with van der Waals surface area (Å²) in [5, 5.41) is 3.20. The third-order valence-corrected chi connectivity index (χ3v) is 4.21. The lowest BCUT2D eigenvalue weighted by molar-refractivity contribution is 0.886. The van der Waals surface area contributed by atoms with Crippen LogP contribution in [-0.2, 0) is 7.05 Å². The van der Waals surface area contributed by atoms with Gasteiger partial charge in [0, 0.05) is 18.8 Å². The van der Waals surface area contributed by atoms with Crippen LogP contribution in [0, 0.1) is 18.8 Å². The largest absolute Gasteiger partial charge is 0.331 e. The van der Waals surface area contributed by atoms with Crippen molar-refractivity contribution < 1.29 is 0 Å². The molecule has 0 N–H and O–H groups in total. The van der Waals surface area contributed by atoms with E-state index in [1.807, 2.05) is 62.0 Å². The maximum absolute atomic E-state index is 11.4. The van der Waals surface area contributed by atoms with Gasteiger partial charge in [0.1, 0.15) is 17.2 Å². The van der Waals surface area contributed by atoms with Crippen molar-refractivity contribution in [2.45, 2.75) is 13.8 Å². The van der Waals surface area contributed by atoms with Crippen LogP contribution < -0.4 is 0 Å². The second kappa shape index (κ2) is 4.74. The van der Waals surface area contributed by atoms with E-state index in [9.17, 15) is 4.91 Å². The molecule has 0 spiro atoms. The molecule has 0 saturated heterocycles. The molecule has 6 nitrogen and oxygen atoms in total. The van der Waals surface area contributed by atoms with E-state index in [1.165, 1.54) is 0 Å². The second-order valence-corrected chi connectivity index (χ2v) is 5.73. The lowest BCUT2D eigenvalue weighted by Gasteiger charge is -2.00. The summed E-state index contributed by atoms with van der Waals surface area (Å²) in [6, 6.07) is 9.75. The highest BCUT2D eigenvalue weighted by molar-refractivity contribution is 5.85. The van der Waals surface area contributed by atoms with Crippen molar-refractivity contribution in [2.75, 3.05) is 0 Å². The number of hydrogen-bond acceptors (Lipinski definition) is 4. The average Bonchev–Trinajstić information content (AvgIpc) is 3.04. The smallest absolute Gasteiger partial charge is 0.209 e. The van der Waals surface area contributed by atoms with E-state index in [4.69, 9.17) is 0 Å². The first-order valence-corrected chi connectivity index (χ1v) is 7.34. The van der Waals surface area contributed by atoms with Gasteiger partial charge in [-0.1, -0.05) is 12.1 Å². The van der Waals surface area contributed by atoms with Crippen LogP contribution in [-0.4, -0.2) is 18.9 Å². The summed E-state index contributed by atoms with van der Waals surface area (Å²) in [6.45, 7) is 3.93. The normalized spacial score (nSPS) is 11.4. The predicted octanol–water partition coefficient (Wildman–Crippen LogP) is 3.90. The number of aromatic nitrogens is 4. The number of pyridine rings is 1. The van der Waals surface area contributed by atoms with Gasteiger partial charge in [-0.15, -0.1) is 4.91 Å². The van der Waals surface area contributed by atoms with Crippen LogP contribution in [0.4, 0.5) is 5.82 Å². The highest BCUT2D eigenvalue weighted by atomic mass is 16.3. The van der Waals surface area contributed by atoms with Crippen LogP contribution in [0.1, 0.15) is 11.4 Å². The number of nitroso groups, excluding NO2 is 1. The molecule has 4 rings (SSSR count). The van der Waals surface area contributed by atoms with Crippen molar-refractivity contribution in [1.29, 1.82) is 0 Å². The molecular formula is C17H15N5O. The van der Waals surface area contributed by atoms with E-state index in [-0.39, 0.29) is 0 Å².